The van der Waals surface area contributed by atoms with Crippen LogP contribution in [0.3, 0.4) is 0 Å². The number of fused-ring (bicyclic) bond motifs is 2. The number of ether oxygens (including phenoxy) is 1. The van der Waals surface area contributed by atoms with Crippen molar-refractivity contribution in [2.45, 2.75) is 88.9 Å². The van der Waals surface area contributed by atoms with Crippen molar-refractivity contribution in [2.75, 3.05) is 39.8 Å². The van der Waals surface area contributed by atoms with Gasteiger partial charge in [-0.3, -0.25) is 20.3 Å². The first-order valence-corrected chi connectivity index (χ1v) is 15.3. The summed E-state index contributed by atoms with van der Waals surface area (Å²) in [7, 11) is 2.20. The van der Waals surface area contributed by atoms with Gasteiger partial charge in [-0.25, -0.2) is 0 Å². The van der Waals surface area contributed by atoms with Crippen molar-refractivity contribution in [3.05, 3.63) is 47.5 Å². The molecule has 4 fully saturated rings. The lowest BCUT2D eigenvalue weighted by Crippen LogP contribution is -2.72. The SMILES string of the molecule is C=CC(=O)N1CCN(C2NC(OCC3CCCN3C)NC3C[C@@]4(CCC32)Cc2ccc(C)cc2C4)CC1CC#N. The van der Waals surface area contributed by atoms with Crippen molar-refractivity contribution in [2.24, 2.45) is 11.3 Å². The van der Waals surface area contributed by atoms with Crippen LogP contribution in [-0.4, -0.2) is 91.1 Å². The molecule has 3 aliphatic heterocycles. The lowest BCUT2D eigenvalue weighted by Gasteiger charge is -2.55. The standard InChI is InChI=1S/C32H46N6O2/c1-4-29(39)38-15-14-37(20-25(38)10-12-33)30-27-9-11-32(17-23-8-7-22(2)16-24(23)18-32)19-28(27)34-31(35-30)40-21-26-6-5-13-36(26)3/h4,7-8,16,25-28,30-31,34-35H,1,5-6,9-11,13-15,17-21H2,2-3H3/t25?,26?,27?,28?,30?,31?,32-/m0/s1. The molecular formula is C32H46N6O2. The van der Waals surface area contributed by atoms with Gasteiger partial charge in [0.25, 0.3) is 0 Å². The lowest BCUT2D eigenvalue weighted by atomic mass is 9.65. The molecule has 40 heavy (non-hydrogen) atoms. The maximum absolute atomic E-state index is 12.5. The molecule has 3 heterocycles. The van der Waals surface area contributed by atoms with Crippen LogP contribution in [0, 0.1) is 29.6 Å². The van der Waals surface area contributed by atoms with Crippen LogP contribution in [0.2, 0.25) is 0 Å². The molecule has 1 aromatic carbocycles. The van der Waals surface area contributed by atoms with E-state index in [2.05, 4.69) is 65.3 Å². The first-order chi connectivity index (χ1) is 19.4. The van der Waals surface area contributed by atoms with E-state index in [4.69, 9.17) is 4.74 Å². The normalized spacial score (nSPS) is 36.3. The number of rotatable bonds is 6. The Kier molecular flexibility index (Phi) is 8.04. The third-order valence-electron chi connectivity index (χ3n) is 10.6. The van der Waals surface area contributed by atoms with Gasteiger partial charge in [0.15, 0.2) is 6.35 Å². The number of benzene rings is 1. The van der Waals surface area contributed by atoms with Gasteiger partial charge in [0.2, 0.25) is 5.91 Å². The summed E-state index contributed by atoms with van der Waals surface area (Å²) in [5, 5.41) is 17.3. The molecule has 0 radical (unpaired) electrons. The quantitative estimate of drug-likeness (QED) is 0.531. The average molecular weight is 547 g/mol. The molecule has 5 aliphatic rings. The highest BCUT2D eigenvalue weighted by Crippen LogP contribution is 2.50. The van der Waals surface area contributed by atoms with Crippen molar-refractivity contribution >= 4 is 5.91 Å². The Morgan fingerprint density at radius 2 is 2.05 bits per heavy atom. The van der Waals surface area contributed by atoms with E-state index in [0.29, 0.717) is 42.9 Å². The van der Waals surface area contributed by atoms with Crippen LogP contribution in [0.1, 0.15) is 55.2 Å². The average Bonchev–Trinajstić information content (AvgIpc) is 3.52. The van der Waals surface area contributed by atoms with Gasteiger partial charge in [-0.05, 0) is 88.1 Å². The molecule has 0 bridgehead atoms. The van der Waals surface area contributed by atoms with E-state index in [0.717, 1.165) is 32.5 Å². The van der Waals surface area contributed by atoms with E-state index in [-0.39, 0.29) is 24.5 Å². The second-order valence-corrected chi connectivity index (χ2v) is 13.2. The summed E-state index contributed by atoms with van der Waals surface area (Å²) >= 11 is 0. The lowest BCUT2D eigenvalue weighted by molar-refractivity contribution is -0.137. The summed E-state index contributed by atoms with van der Waals surface area (Å²) in [4.78, 5) is 19.3. The Balaban J connectivity index is 1.20. The molecule has 1 spiro atoms. The molecule has 1 saturated carbocycles. The predicted octanol–water partition coefficient (Wildman–Crippen LogP) is 2.77. The highest BCUT2D eigenvalue weighted by atomic mass is 16.5. The number of likely N-dealkylation sites (N-methyl/N-ethyl adjacent to an activating group) is 1. The molecule has 7 atom stereocenters. The van der Waals surface area contributed by atoms with Crippen LogP contribution in [0.5, 0.6) is 0 Å². The minimum atomic E-state index is -0.205. The summed E-state index contributed by atoms with van der Waals surface area (Å²) < 4.78 is 6.57. The number of nitrogens with one attached hydrogen (secondary N) is 2. The topological polar surface area (TPSA) is 83.9 Å². The fourth-order valence-electron chi connectivity index (χ4n) is 8.45. The predicted molar refractivity (Wildman–Crippen MR) is 155 cm³/mol. The molecule has 1 aromatic rings. The summed E-state index contributed by atoms with van der Waals surface area (Å²) in [5.41, 5.74) is 4.76. The van der Waals surface area contributed by atoms with Gasteiger partial charge in [-0.15, -0.1) is 0 Å². The number of likely N-dealkylation sites (tertiary alicyclic amines) is 1. The number of carbonyl (C=O) groups is 1. The fraction of sp³-hybridized carbons (Fsp3) is 0.688. The summed E-state index contributed by atoms with van der Waals surface area (Å²) in [6, 6.07) is 10.1. The Bertz CT molecular complexity index is 1150. The van der Waals surface area contributed by atoms with E-state index >= 15 is 0 Å². The number of nitriles is 1. The summed E-state index contributed by atoms with van der Waals surface area (Å²) in [5.74, 6) is 0.378. The maximum Gasteiger partial charge on any atom is 0.246 e. The van der Waals surface area contributed by atoms with E-state index in [1.54, 1.807) is 5.56 Å². The Hall–Kier alpha value is -2.28. The smallest absolute Gasteiger partial charge is 0.246 e. The number of carbonyl (C=O) groups excluding carboxylic acids is 1. The minimum absolute atomic E-state index is 0.0754. The molecule has 2 aliphatic carbocycles. The number of aryl methyl sites for hydroxylation is 1. The molecule has 216 valence electrons. The Morgan fingerprint density at radius 3 is 2.83 bits per heavy atom. The largest absolute Gasteiger partial charge is 0.348 e. The summed E-state index contributed by atoms with van der Waals surface area (Å²) in [6.45, 7) is 9.86. The van der Waals surface area contributed by atoms with Gasteiger partial charge >= 0.3 is 0 Å². The highest BCUT2D eigenvalue weighted by Gasteiger charge is 2.50. The van der Waals surface area contributed by atoms with E-state index in [1.165, 1.54) is 49.3 Å². The van der Waals surface area contributed by atoms with Gasteiger partial charge in [0, 0.05) is 37.6 Å². The zero-order chi connectivity index (χ0) is 27.9. The van der Waals surface area contributed by atoms with E-state index in [9.17, 15) is 10.1 Å². The number of piperazine rings is 1. The van der Waals surface area contributed by atoms with Gasteiger partial charge in [-0.2, -0.15) is 5.26 Å². The first kappa shape index (κ1) is 27.9. The molecule has 6 unspecified atom stereocenters. The second-order valence-electron chi connectivity index (χ2n) is 13.2. The van der Waals surface area contributed by atoms with Gasteiger partial charge in [0.1, 0.15) is 0 Å². The third kappa shape index (κ3) is 5.47. The Morgan fingerprint density at radius 1 is 1.20 bits per heavy atom. The zero-order valence-corrected chi connectivity index (χ0v) is 24.3. The van der Waals surface area contributed by atoms with Gasteiger partial charge in [0.05, 0.1) is 31.3 Å². The maximum atomic E-state index is 12.5. The number of amides is 1. The van der Waals surface area contributed by atoms with Crippen molar-refractivity contribution in [3.8, 4) is 6.07 Å². The van der Waals surface area contributed by atoms with Gasteiger partial charge in [-0.1, -0.05) is 30.3 Å². The highest BCUT2D eigenvalue weighted by molar-refractivity contribution is 5.87. The van der Waals surface area contributed by atoms with Crippen LogP contribution in [-0.2, 0) is 22.4 Å². The molecular weight excluding hydrogens is 500 g/mol. The molecule has 0 aromatic heterocycles. The van der Waals surface area contributed by atoms with Gasteiger partial charge < -0.3 is 14.5 Å². The number of hydrogen-bond donors (Lipinski definition) is 2. The molecule has 2 N–H and O–H groups in total. The van der Waals surface area contributed by atoms with Crippen LogP contribution in [0.25, 0.3) is 0 Å². The molecule has 8 nitrogen and oxygen atoms in total. The molecule has 6 rings (SSSR count). The molecule has 1 amide bonds. The zero-order valence-electron chi connectivity index (χ0n) is 24.3. The number of nitrogens with zero attached hydrogens (tertiary/aromatic N) is 4. The van der Waals surface area contributed by atoms with Crippen LogP contribution >= 0.6 is 0 Å². The summed E-state index contributed by atoms with van der Waals surface area (Å²) in [6.07, 6.45) is 10.00. The first-order valence-electron chi connectivity index (χ1n) is 15.3. The van der Waals surface area contributed by atoms with Crippen LogP contribution in [0.4, 0.5) is 0 Å². The molecule has 8 heteroatoms. The van der Waals surface area contributed by atoms with E-state index < -0.39 is 0 Å². The Labute approximate surface area is 239 Å². The van der Waals surface area contributed by atoms with Crippen LogP contribution in [0.15, 0.2) is 30.9 Å². The van der Waals surface area contributed by atoms with Crippen molar-refractivity contribution in [1.29, 1.82) is 5.26 Å². The molecule has 3 saturated heterocycles. The monoisotopic (exact) mass is 546 g/mol. The van der Waals surface area contributed by atoms with Crippen molar-refractivity contribution in [3.63, 3.8) is 0 Å². The number of hydrogen-bond acceptors (Lipinski definition) is 7. The van der Waals surface area contributed by atoms with Crippen molar-refractivity contribution in [1.82, 2.24) is 25.3 Å². The third-order valence-corrected chi connectivity index (χ3v) is 10.6. The van der Waals surface area contributed by atoms with Crippen molar-refractivity contribution < 1.29 is 9.53 Å². The van der Waals surface area contributed by atoms with E-state index in [1.807, 2.05) is 4.90 Å². The second kappa shape index (κ2) is 11.5. The van der Waals surface area contributed by atoms with Crippen LogP contribution < -0.4 is 10.6 Å². The minimum Gasteiger partial charge on any atom is -0.348 e. The fourth-order valence-corrected chi connectivity index (χ4v) is 8.45.